The molecule has 0 unspecified atom stereocenters. The summed E-state index contributed by atoms with van der Waals surface area (Å²) in [5, 5.41) is 4.98. The van der Waals surface area contributed by atoms with E-state index in [2.05, 4.69) is 12.2 Å². The number of hydrogen-bond acceptors (Lipinski definition) is 2. The van der Waals surface area contributed by atoms with Gasteiger partial charge < -0.3 is 5.32 Å². The van der Waals surface area contributed by atoms with Gasteiger partial charge in [-0.25, -0.2) is 0 Å². The van der Waals surface area contributed by atoms with Gasteiger partial charge in [0.2, 0.25) is 0 Å². The second kappa shape index (κ2) is 9.76. The topological polar surface area (TPSA) is 24.4 Å². The van der Waals surface area contributed by atoms with Gasteiger partial charge in [0.15, 0.2) is 5.17 Å². The Balaban J connectivity index is 1.50. The minimum atomic E-state index is 0.418. The maximum atomic E-state index is 4.79. The third-order valence-corrected chi connectivity index (χ3v) is 6.14. The van der Waals surface area contributed by atoms with Gasteiger partial charge in [0, 0.05) is 17.8 Å². The van der Waals surface area contributed by atoms with Crippen LogP contribution in [-0.2, 0) is 0 Å². The van der Waals surface area contributed by atoms with Gasteiger partial charge in [-0.1, -0.05) is 82.9 Å². The molecule has 0 bridgehead atoms. The first-order valence-corrected chi connectivity index (χ1v) is 10.3. The molecule has 1 aliphatic heterocycles. The van der Waals surface area contributed by atoms with Gasteiger partial charge >= 0.3 is 0 Å². The Bertz CT molecular complexity index is 308. The van der Waals surface area contributed by atoms with Crippen molar-refractivity contribution in [3.8, 4) is 0 Å². The highest BCUT2D eigenvalue weighted by molar-refractivity contribution is 8.14. The summed E-state index contributed by atoms with van der Waals surface area (Å²) in [5.41, 5.74) is 0.418. The minimum Gasteiger partial charge on any atom is -0.359 e. The summed E-state index contributed by atoms with van der Waals surface area (Å²) < 4.78 is 0. The smallest absolute Gasteiger partial charge is 0.157 e. The molecular weight excluding hydrogens is 276 g/mol. The molecule has 1 spiro atoms. The lowest BCUT2D eigenvalue weighted by Crippen LogP contribution is -2.45. The lowest BCUT2D eigenvalue weighted by atomic mass is 9.83. The van der Waals surface area contributed by atoms with Crippen molar-refractivity contribution in [2.24, 2.45) is 4.99 Å². The Morgan fingerprint density at radius 3 is 2.33 bits per heavy atom. The fraction of sp³-hybridized carbons (Fsp3) is 0.944. The van der Waals surface area contributed by atoms with E-state index >= 15 is 0 Å². The standard InChI is InChI=1S/C18H34N2S/c1-2-3-4-5-6-7-8-12-15-19-17-20-18(16-21-17)13-10-9-11-14-18/h2-16H2,1H3,(H,19,20). The summed E-state index contributed by atoms with van der Waals surface area (Å²) in [6.07, 6.45) is 18.0. The summed E-state index contributed by atoms with van der Waals surface area (Å²) in [6, 6.07) is 0. The first-order chi connectivity index (χ1) is 10.3. The van der Waals surface area contributed by atoms with Crippen LogP contribution in [0.4, 0.5) is 0 Å². The summed E-state index contributed by atoms with van der Waals surface area (Å²) in [5.74, 6) is 1.25. The van der Waals surface area contributed by atoms with Gasteiger partial charge in [0.25, 0.3) is 0 Å². The lowest BCUT2D eigenvalue weighted by molar-refractivity contribution is 0.303. The Morgan fingerprint density at radius 1 is 0.952 bits per heavy atom. The van der Waals surface area contributed by atoms with Crippen LogP contribution in [0.25, 0.3) is 0 Å². The van der Waals surface area contributed by atoms with Crippen molar-refractivity contribution in [1.29, 1.82) is 0 Å². The maximum absolute atomic E-state index is 4.79. The normalized spacial score (nSPS) is 22.8. The number of rotatable bonds is 9. The molecule has 3 heteroatoms. The number of nitrogens with zero attached hydrogens (tertiary/aromatic N) is 1. The SMILES string of the molecule is CCCCCCCCCCN=C1NC2(CCCCC2)CS1. The van der Waals surface area contributed by atoms with Gasteiger partial charge in [0.05, 0.1) is 0 Å². The molecule has 0 amide bonds. The van der Waals surface area contributed by atoms with Crippen molar-refractivity contribution in [3.05, 3.63) is 0 Å². The molecule has 2 aliphatic rings. The van der Waals surface area contributed by atoms with Gasteiger partial charge in [-0.05, 0) is 19.3 Å². The average Bonchev–Trinajstić information content (AvgIpc) is 2.89. The molecule has 2 nitrogen and oxygen atoms in total. The largest absolute Gasteiger partial charge is 0.359 e. The molecule has 1 saturated carbocycles. The summed E-state index contributed by atoms with van der Waals surface area (Å²) in [6.45, 7) is 3.31. The van der Waals surface area contributed by atoms with Crippen LogP contribution in [0.15, 0.2) is 4.99 Å². The van der Waals surface area contributed by atoms with Gasteiger partial charge in [-0.15, -0.1) is 0 Å². The Kier molecular flexibility index (Phi) is 7.98. The van der Waals surface area contributed by atoms with E-state index in [-0.39, 0.29) is 0 Å². The van der Waals surface area contributed by atoms with Gasteiger partial charge in [-0.3, -0.25) is 4.99 Å². The molecule has 1 heterocycles. The van der Waals surface area contributed by atoms with Crippen molar-refractivity contribution >= 4 is 16.9 Å². The second-order valence-corrected chi connectivity index (χ2v) is 7.88. The Hall–Kier alpha value is -0.180. The van der Waals surface area contributed by atoms with Crippen molar-refractivity contribution in [3.63, 3.8) is 0 Å². The first-order valence-electron chi connectivity index (χ1n) is 9.30. The van der Waals surface area contributed by atoms with E-state index in [0.29, 0.717) is 5.54 Å². The second-order valence-electron chi connectivity index (χ2n) is 6.92. The number of thioether (sulfide) groups is 1. The zero-order valence-electron chi connectivity index (χ0n) is 14.0. The fourth-order valence-electron chi connectivity index (χ4n) is 3.51. The predicted octanol–water partition coefficient (Wildman–Crippen LogP) is 5.52. The van der Waals surface area contributed by atoms with Crippen LogP contribution in [-0.4, -0.2) is 23.0 Å². The molecule has 1 saturated heterocycles. The maximum Gasteiger partial charge on any atom is 0.157 e. The van der Waals surface area contributed by atoms with Gasteiger partial charge in [0.1, 0.15) is 0 Å². The molecule has 2 fully saturated rings. The number of nitrogens with one attached hydrogen (secondary N) is 1. The number of hydrogen-bond donors (Lipinski definition) is 1. The highest BCUT2D eigenvalue weighted by Gasteiger charge is 2.37. The highest BCUT2D eigenvalue weighted by Crippen LogP contribution is 2.36. The third-order valence-electron chi connectivity index (χ3n) is 4.94. The first kappa shape index (κ1) is 17.2. The predicted molar refractivity (Wildman–Crippen MR) is 96.3 cm³/mol. The fourth-order valence-corrected chi connectivity index (χ4v) is 4.76. The van der Waals surface area contributed by atoms with Gasteiger partial charge in [-0.2, -0.15) is 0 Å². The van der Waals surface area contributed by atoms with Crippen LogP contribution >= 0.6 is 11.8 Å². The summed E-state index contributed by atoms with van der Waals surface area (Å²) in [7, 11) is 0. The zero-order chi connectivity index (χ0) is 14.8. The van der Waals surface area contributed by atoms with Crippen LogP contribution in [0.5, 0.6) is 0 Å². The van der Waals surface area contributed by atoms with Crippen LogP contribution in [0.3, 0.4) is 0 Å². The van der Waals surface area contributed by atoms with Crippen LogP contribution in [0.1, 0.15) is 90.4 Å². The molecule has 1 N–H and O–H groups in total. The number of aliphatic imine (C=N–C) groups is 1. The Morgan fingerprint density at radius 2 is 1.62 bits per heavy atom. The molecular formula is C18H34N2S. The molecule has 0 radical (unpaired) electrons. The lowest BCUT2D eigenvalue weighted by Gasteiger charge is -2.32. The average molecular weight is 311 g/mol. The molecule has 21 heavy (non-hydrogen) atoms. The molecule has 0 aromatic carbocycles. The monoisotopic (exact) mass is 310 g/mol. The highest BCUT2D eigenvalue weighted by atomic mass is 32.2. The minimum absolute atomic E-state index is 0.418. The zero-order valence-corrected chi connectivity index (χ0v) is 14.8. The number of unbranched alkanes of at least 4 members (excludes halogenated alkanes) is 7. The van der Waals surface area contributed by atoms with E-state index < -0.39 is 0 Å². The third kappa shape index (κ3) is 6.22. The summed E-state index contributed by atoms with van der Waals surface area (Å²) in [4.78, 5) is 4.79. The van der Waals surface area contributed by atoms with Crippen LogP contribution in [0.2, 0.25) is 0 Å². The molecule has 2 rings (SSSR count). The van der Waals surface area contributed by atoms with Crippen LogP contribution < -0.4 is 5.32 Å². The van der Waals surface area contributed by atoms with E-state index in [0.717, 1.165) is 6.54 Å². The van der Waals surface area contributed by atoms with Crippen molar-refractivity contribution in [2.45, 2.75) is 95.9 Å². The quantitative estimate of drug-likeness (QED) is 0.567. The molecule has 0 aromatic heterocycles. The van der Waals surface area contributed by atoms with Crippen LogP contribution in [0, 0.1) is 0 Å². The molecule has 0 aromatic rings. The van der Waals surface area contributed by atoms with Crippen molar-refractivity contribution < 1.29 is 0 Å². The van der Waals surface area contributed by atoms with E-state index in [1.165, 1.54) is 94.4 Å². The summed E-state index contributed by atoms with van der Waals surface area (Å²) >= 11 is 1.96. The van der Waals surface area contributed by atoms with E-state index in [9.17, 15) is 0 Å². The van der Waals surface area contributed by atoms with E-state index in [1.54, 1.807) is 0 Å². The molecule has 122 valence electrons. The van der Waals surface area contributed by atoms with Crippen molar-refractivity contribution in [2.75, 3.05) is 12.3 Å². The molecule has 1 aliphatic carbocycles. The molecule has 0 atom stereocenters. The number of amidine groups is 1. The van der Waals surface area contributed by atoms with Crippen molar-refractivity contribution in [1.82, 2.24) is 5.32 Å². The van der Waals surface area contributed by atoms with E-state index in [4.69, 9.17) is 4.99 Å². The Labute approximate surface area is 135 Å². The van der Waals surface area contributed by atoms with E-state index in [1.807, 2.05) is 11.8 Å².